The molecule has 1 aliphatic rings. The maximum Gasteiger partial charge on any atom is 0.118 e. The fourth-order valence-electron chi connectivity index (χ4n) is 2.21. The molecular formula is C14H20N2O2. The van der Waals surface area contributed by atoms with Gasteiger partial charge >= 0.3 is 0 Å². The summed E-state index contributed by atoms with van der Waals surface area (Å²) in [5.41, 5.74) is 2.26. The molecule has 0 spiro atoms. The summed E-state index contributed by atoms with van der Waals surface area (Å²) in [6.45, 7) is 3.05. The minimum absolute atomic E-state index is 0.888. The van der Waals surface area contributed by atoms with E-state index in [1.54, 1.807) is 7.11 Å². The van der Waals surface area contributed by atoms with Gasteiger partial charge in [-0.2, -0.15) is 0 Å². The molecule has 1 aromatic rings. The van der Waals surface area contributed by atoms with E-state index >= 15 is 0 Å². The third kappa shape index (κ3) is 3.47. The van der Waals surface area contributed by atoms with Crippen LogP contribution in [0.25, 0.3) is 0 Å². The molecule has 0 radical (unpaired) electrons. The van der Waals surface area contributed by atoms with E-state index in [-0.39, 0.29) is 0 Å². The molecule has 0 atom stereocenters. The standard InChI is InChI=1S/C14H20N2O2/c1-18-14-4-2-12(3-5-14)6-9-16-10-7-13(15-17)8-11-16/h2-5,17H,6-11H2,1H3. The van der Waals surface area contributed by atoms with Crippen molar-refractivity contribution >= 4 is 5.71 Å². The monoisotopic (exact) mass is 248 g/mol. The van der Waals surface area contributed by atoms with Crippen molar-refractivity contribution in [1.82, 2.24) is 4.90 Å². The normalized spacial score (nSPS) is 16.6. The summed E-state index contributed by atoms with van der Waals surface area (Å²) in [6, 6.07) is 8.23. The molecule has 18 heavy (non-hydrogen) atoms. The first-order valence-electron chi connectivity index (χ1n) is 6.37. The second-order valence-electron chi connectivity index (χ2n) is 4.61. The van der Waals surface area contributed by atoms with Crippen molar-refractivity contribution in [2.45, 2.75) is 19.3 Å². The van der Waals surface area contributed by atoms with E-state index in [0.717, 1.165) is 50.4 Å². The molecular weight excluding hydrogens is 228 g/mol. The number of hydrogen-bond acceptors (Lipinski definition) is 4. The second kappa shape index (κ2) is 6.40. The first-order valence-corrected chi connectivity index (χ1v) is 6.37. The van der Waals surface area contributed by atoms with E-state index in [1.807, 2.05) is 12.1 Å². The predicted octanol–water partition coefficient (Wildman–Crippen LogP) is 2.16. The SMILES string of the molecule is COc1ccc(CCN2CCC(=NO)CC2)cc1. The topological polar surface area (TPSA) is 45.1 Å². The lowest BCUT2D eigenvalue weighted by atomic mass is 10.1. The molecule has 0 amide bonds. The van der Waals surface area contributed by atoms with Crippen LogP contribution in [0.15, 0.2) is 29.4 Å². The van der Waals surface area contributed by atoms with Crippen molar-refractivity contribution in [2.24, 2.45) is 5.16 Å². The highest BCUT2D eigenvalue weighted by molar-refractivity contribution is 5.84. The second-order valence-corrected chi connectivity index (χ2v) is 4.61. The van der Waals surface area contributed by atoms with Gasteiger partial charge in [-0.25, -0.2) is 0 Å². The number of likely N-dealkylation sites (tertiary alicyclic amines) is 1. The molecule has 98 valence electrons. The molecule has 1 saturated heterocycles. The smallest absolute Gasteiger partial charge is 0.118 e. The largest absolute Gasteiger partial charge is 0.497 e. The van der Waals surface area contributed by atoms with Crippen LogP contribution in [0.4, 0.5) is 0 Å². The number of methoxy groups -OCH3 is 1. The molecule has 1 N–H and O–H groups in total. The molecule has 0 aromatic heterocycles. The van der Waals surface area contributed by atoms with E-state index < -0.39 is 0 Å². The van der Waals surface area contributed by atoms with E-state index in [0.29, 0.717) is 0 Å². The molecule has 0 bridgehead atoms. The fourth-order valence-corrected chi connectivity index (χ4v) is 2.21. The Kier molecular flexibility index (Phi) is 4.59. The van der Waals surface area contributed by atoms with Gasteiger partial charge < -0.3 is 14.8 Å². The Morgan fingerprint density at radius 3 is 2.44 bits per heavy atom. The number of benzene rings is 1. The highest BCUT2D eigenvalue weighted by Gasteiger charge is 2.14. The van der Waals surface area contributed by atoms with Crippen molar-refractivity contribution in [3.63, 3.8) is 0 Å². The molecule has 1 aromatic carbocycles. The van der Waals surface area contributed by atoms with Crippen LogP contribution in [0.2, 0.25) is 0 Å². The zero-order valence-electron chi connectivity index (χ0n) is 10.8. The minimum atomic E-state index is 0.888. The van der Waals surface area contributed by atoms with Crippen molar-refractivity contribution < 1.29 is 9.94 Å². The first kappa shape index (κ1) is 12.9. The van der Waals surface area contributed by atoms with Crippen molar-refractivity contribution in [2.75, 3.05) is 26.7 Å². The maximum atomic E-state index is 8.69. The average Bonchev–Trinajstić information content (AvgIpc) is 2.46. The number of ether oxygens (including phenoxy) is 1. The molecule has 0 aliphatic carbocycles. The van der Waals surface area contributed by atoms with Gasteiger partial charge in [0.2, 0.25) is 0 Å². The average molecular weight is 248 g/mol. The first-order chi connectivity index (χ1) is 8.81. The van der Waals surface area contributed by atoms with Gasteiger partial charge in [0.15, 0.2) is 0 Å². The van der Waals surface area contributed by atoms with Crippen LogP contribution in [0.3, 0.4) is 0 Å². The van der Waals surface area contributed by atoms with Crippen LogP contribution in [-0.2, 0) is 6.42 Å². The van der Waals surface area contributed by atoms with E-state index in [9.17, 15) is 0 Å². The summed E-state index contributed by atoms with van der Waals surface area (Å²) in [7, 11) is 1.68. The summed E-state index contributed by atoms with van der Waals surface area (Å²) >= 11 is 0. The van der Waals surface area contributed by atoms with Crippen molar-refractivity contribution in [3.8, 4) is 5.75 Å². The number of rotatable bonds is 4. The summed E-state index contributed by atoms with van der Waals surface area (Å²) in [4.78, 5) is 2.42. The zero-order chi connectivity index (χ0) is 12.8. The van der Waals surface area contributed by atoms with Crippen LogP contribution >= 0.6 is 0 Å². The van der Waals surface area contributed by atoms with Crippen LogP contribution < -0.4 is 4.74 Å². The van der Waals surface area contributed by atoms with Crippen molar-refractivity contribution in [1.29, 1.82) is 0 Å². The third-order valence-electron chi connectivity index (χ3n) is 3.45. The van der Waals surface area contributed by atoms with E-state index in [1.165, 1.54) is 5.56 Å². The summed E-state index contributed by atoms with van der Waals surface area (Å²) < 4.78 is 5.14. The van der Waals surface area contributed by atoms with Crippen LogP contribution in [0, 0.1) is 0 Å². The maximum absolute atomic E-state index is 8.69. The van der Waals surface area contributed by atoms with Gasteiger partial charge in [-0.1, -0.05) is 17.3 Å². The molecule has 0 saturated carbocycles. The predicted molar refractivity (Wildman–Crippen MR) is 71.6 cm³/mol. The van der Waals surface area contributed by atoms with E-state index in [2.05, 4.69) is 22.2 Å². The molecule has 2 rings (SSSR count). The van der Waals surface area contributed by atoms with Crippen LogP contribution in [0.5, 0.6) is 5.75 Å². The zero-order valence-corrected chi connectivity index (χ0v) is 10.8. The van der Waals surface area contributed by atoms with Gasteiger partial charge in [-0.15, -0.1) is 0 Å². The number of hydrogen-bond donors (Lipinski definition) is 1. The Balaban J connectivity index is 1.77. The summed E-state index contributed by atoms with van der Waals surface area (Å²) in [5.74, 6) is 0.903. The number of oxime groups is 1. The molecule has 1 heterocycles. The molecule has 1 fully saturated rings. The highest BCUT2D eigenvalue weighted by Crippen LogP contribution is 2.13. The highest BCUT2D eigenvalue weighted by atomic mass is 16.5. The molecule has 1 aliphatic heterocycles. The number of piperidine rings is 1. The van der Waals surface area contributed by atoms with E-state index in [4.69, 9.17) is 9.94 Å². The fraction of sp³-hybridized carbons (Fsp3) is 0.500. The molecule has 4 nitrogen and oxygen atoms in total. The lowest BCUT2D eigenvalue weighted by Gasteiger charge is -2.26. The Labute approximate surface area is 108 Å². The van der Waals surface area contributed by atoms with Gasteiger partial charge in [0.1, 0.15) is 5.75 Å². The van der Waals surface area contributed by atoms with Gasteiger partial charge in [0.25, 0.3) is 0 Å². The lowest BCUT2D eigenvalue weighted by Crippen LogP contribution is -2.35. The van der Waals surface area contributed by atoms with Crippen LogP contribution in [0.1, 0.15) is 18.4 Å². The van der Waals surface area contributed by atoms with Crippen molar-refractivity contribution in [3.05, 3.63) is 29.8 Å². The van der Waals surface area contributed by atoms with Gasteiger partial charge in [0.05, 0.1) is 12.8 Å². The van der Waals surface area contributed by atoms with Crippen LogP contribution in [-0.4, -0.2) is 42.6 Å². The number of nitrogens with zero attached hydrogens (tertiary/aromatic N) is 2. The molecule has 0 unspecified atom stereocenters. The van der Waals surface area contributed by atoms with Gasteiger partial charge in [-0.3, -0.25) is 0 Å². The summed E-state index contributed by atoms with van der Waals surface area (Å²) in [5, 5.41) is 12.0. The Hall–Kier alpha value is -1.55. The Bertz CT molecular complexity index is 391. The summed E-state index contributed by atoms with van der Waals surface area (Å²) in [6.07, 6.45) is 2.83. The lowest BCUT2D eigenvalue weighted by molar-refractivity contribution is 0.265. The third-order valence-corrected chi connectivity index (χ3v) is 3.45. The van der Waals surface area contributed by atoms with Gasteiger partial charge in [-0.05, 0) is 24.1 Å². The Morgan fingerprint density at radius 2 is 1.89 bits per heavy atom. The molecule has 4 heteroatoms. The quantitative estimate of drug-likeness (QED) is 0.656. The van der Waals surface area contributed by atoms with Gasteiger partial charge in [0, 0.05) is 32.5 Å². The Morgan fingerprint density at radius 1 is 1.22 bits per heavy atom. The minimum Gasteiger partial charge on any atom is -0.497 e.